The first-order valence-corrected chi connectivity index (χ1v) is 23.4. The summed E-state index contributed by atoms with van der Waals surface area (Å²) in [7, 11) is 0. The number of hydrogen-bond donors (Lipinski definition) is 8. The number of nitrogens with one attached hydrogen (secondary N) is 1. The summed E-state index contributed by atoms with van der Waals surface area (Å²) in [6.07, 6.45) is 25.2. The highest BCUT2D eigenvalue weighted by molar-refractivity contribution is 5.80. The predicted molar refractivity (Wildman–Crippen MR) is 224 cm³/mol. The lowest BCUT2D eigenvalue weighted by molar-refractivity contribution is -0.303. The molecule has 0 spiro atoms. The number of aliphatic hydroxyl groups is 7. The normalized spacial score (nSPS) is 22.2. The van der Waals surface area contributed by atoms with Crippen LogP contribution in [0, 0.1) is 0 Å². The molecule has 11 nitrogen and oxygen atoms in total. The molecule has 1 saturated heterocycles. The van der Waals surface area contributed by atoms with Crippen LogP contribution in [0.15, 0.2) is 0 Å². The van der Waals surface area contributed by atoms with E-state index in [2.05, 4.69) is 19.2 Å². The van der Waals surface area contributed by atoms with Crippen LogP contribution in [0.1, 0.15) is 213 Å². The Bertz CT molecular complexity index is 882. The lowest BCUT2D eigenvalue weighted by atomic mass is 9.98. The van der Waals surface area contributed by atoms with E-state index in [4.69, 9.17) is 9.47 Å². The average molecular weight is 804 g/mol. The van der Waals surface area contributed by atoms with Crippen molar-refractivity contribution in [1.29, 1.82) is 0 Å². The molecule has 0 bridgehead atoms. The first-order chi connectivity index (χ1) is 27.2. The van der Waals surface area contributed by atoms with E-state index in [0.717, 1.165) is 44.9 Å². The van der Waals surface area contributed by atoms with Crippen LogP contribution in [-0.2, 0) is 14.3 Å². The Morgan fingerprint density at radius 1 is 0.554 bits per heavy atom. The van der Waals surface area contributed by atoms with Gasteiger partial charge in [-0.15, -0.1) is 0 Å². The van der Waals surface area contributed by atoms with Crippen molar-refractivity contribution in [3.8, 4) is 0 Å². The maximum Gasteiger partial charge on any atom is 0.249 e. The summed E-state index contributed by atoms with van der Waals surface area (Å²) in [5.74, 6) is -0.698. The zero-order valence-corrected chi connectivity index (χ0v) is 35.9. The minimum atomic E-state index is -1.65. The Morgan fingerprint density at radius 2 is 0.929 bits per heavy atom. The van der Waals surface area contributed by atoms with Crippen molar-refractivity contribution in [2.24, 2.45) is 0 Å². The highest BCUT2D eigenvalue weighted by Crippen LogP contribution is 2.23. The molecule has 1 heterocycles. The largest absolute Gasteiger partial charge is 0.394 e. The third-order valence-corrected chi connectivity index (χ3v) is 11.7. The molecule has 0 radical (unpaired) electrons. The van der Waals surface area contributed by atoms with Crippen molar-refractivity contribution in [3.63, 3.8) is 0 Å². The molecule has 1 aliphatic heterocycles. The SMILES string of the molecule is CCCCCCCCCCCCCCCCCCCCCCCCCCC(O)C(=O)NC(COC1OC(CO)C(O)C(O)C1O)C(O)C(O)CCCCCCC. The van der Waals surface area contributed by atoms with E-state index >= 15 is 0 Å². The monoisotopic (exact) mass is 804 g/mol. The molecular formula is C45H89NO10. The Kier molecular flexibility index (Phi) is 34.2. The van der Waals surface area contributed by atoms with E-state index in [1.165, 1.54) is 128 Å². The zero-order chi connectivity index (χ0) is 41.2. The van der Waals surface area contributed by atoms with E-state index in [0.29, 0.717) is 19.3 Å². The number of carbonyl (C=O) groups excluding carboxylic acids is 1. The van der Waals surface area contributed by atoms with Gasteiger partial charge < -0.3 is 50.5 Å². The third-order valence-electron chi connectivity index (χ3n) is 11.7. The van der Waals surface area contributed by atoms with Crippen molar-refractivity contribution in [1.82, 2.24) is 5.32 Å². The third kappa shape index (κ3) is 25.6. The first-order valence-electron chi connectivity index (χ1n) is 23.4. The Labute approximate surface area is 341 Å². The standard InChI is InChI=1S/C45H89NO10/c1-3-5-7-9-10-11-12-13-14-15-16-17-18-19-20-21-22-23-24-25-26-27-29-31-33-38(49)44(54)46-36(40(50)37(48)32-30-28-8-6-4-2)35-55-45-43(53)42(52)41(51)39(34-47)56-45/h36-43,45,47-53H,3-35H2,1-2H3,(H,46,54). The van der Waals surface area contributed by atoms with Gasteiger partial charge in [-0.3, -0.25) is 4.79 Å². The molecule has 11 heteroatoms. The lowest BCUT2D eigenvalue weighted by Gasteiger charge is -2.40. The quantitative estimate of drug-likeness (QED) is 0.0289. The molecule has 0 aromatic rings. The van der Waals surface area contributed by atoms with Crippen molar-refractivity contribution in [2.75, 3.05) is 13.2 Å². The van der Waals surface area contributed by atoms with Crippen LogP contribution >= 0.6 is 0 Å². The van der Waals surface area contributed by atoms with Crippen LogP contribution in [0.3, 0.4) is 0 Å². The highest BCUT2D eigenvalue weighted by atomic mass is 16.7. The van der Waals surface area contributed by atoms with Gasteiger partial charge >= 0.3 is 0 Å². The molecule has 1 amide bonds. The number of hydrogen-bond acceptors (Lipinski definition) is 10. The number of ether oxygens (including phenoxy) is 2. The first kappa shape index (κ1) is 53.1. The topological polar surface area (TPSA) is 189 Å². The highest BCUT2D eigenvalue weighted by Gasteiger charge is 2.44. The molecule has 334 valence electrons. The minimum absolute atomic E-state index is 0.265. The smallest absolute Gasteiger partial charge is 0.249 e. The second kappa shape index (κ2) is 36.0. The molecule has 1 fully saturated rings. The number of aliphatic hydroxyl groups excluding tert-OH is 7. The van der Waals surface area contributed by atoms with E-state index in [1.54, 1.807) is 0 Å². The Morgan fingerprint density at radius 3 is 1.32 bits per heavy atom. The number of amides is 1. The molecule has 0 aromatic carbocycles. The van der Waals surface area contributed by atoms with E-state index < -0.39 is 74.2 Å². The lowest BCUT2D eigenvalue weighted by Crippen LogP contribution is -2.60. The number of rotatable bonds is 39. The molecular weight excluding hydrogens is 714 g/mol. The average Bonchev–Trinajstić information content (AvgIpc) is 3.20. The van der Waals surface area contributed by atoms with Crippen LogP contribution in [0.5, 0.6) is 0 Å². The van der Waals surface area contributed by atoms with Crippen molar-refractivity contribution in [2.45, 2.75) is 268 Å². The molecule has 1 rings (SSSR count). The molecule has 56 heavy (non-hydrogen) atoms. The fourth-order valence-corrected chi connectivity index (χ4v) is 7.74. The summed E-state index contributed by atoms with van der Waals surface area (Å²) < 4.78 is 11.0. The fraction of sp³-hybridized carbons (Fsp3) is 0.978. The van der Waals surface area contributed by atoms with Gasteiger partial charge in [-0.05, 0) is 12.8 Å². The molecule has 1 aliphatic rings. The van der Waals surface area contributed by atoms with Crippen LogP contribution in [0.25, 0.3) is 0 Å². The maximum absolute atomic E-state index is 13.0. The van der Waals surface area contributed by atoms with Gasteiger partial charge in [0, 0.05) is 0 Å². The summed E-state index contributed by atoms with van der Waals surface area (Å²) in [6, 6.07) is -1.16. The van der Waals surface area contributed by atoms with Gasteiger partial charge in [-0.1, -0.05) is 200 Å². The number of unbranched alkanes of at least 4 members (excludes halogenated alkanes) is 27. The molecule has 8 N–H and O–H groups in total. The van der Waals surface area contributed by atoms with Gasteiger partial charge in [-0.2, -0.15) is 0 Å². The molecule has 9 unspecified atom stereocenters. The Hall–Kier alpha value is -0.890. The molecule has 0 saturated carbocycles. The van der Waals surface area contributed by atoms with Gasteiger partial charge in [-0.25, -0.2) is 0 Å². The molecule has 9 atom stereocenters. The molecule has 0 aliphatic carbocycles. The summed E-state index contributed by atoms with van der Waals surface area (Å²) in [5.41, 5.74) is 0. The summed E-state index contributed by atoms with van der Waals surface area (Å²) in [4.78, 5) is 13.0. The van der Waals surface area contributed by atoms with Gasteiger partial charge in [0.05, 0.1) is 25.4 Å². The second-order valence-corrected chi connectivity index (χ2v) is 16.8. The second-order valence-electron chi connectivity index (χ2n) is 16.8. The van der Waals surface area contributed by atoms with Gasteiger partial charge in [0.25, 0.3) is 0 Å². The van der Waals surface area contributed by atoms with E-state index in [-0.39, 0.29) is 6.42 Å². The van der Waals surface area contributed by atoms with Crippen LogP contribution in [-0.4, -0.2) is 110 Å². The number of carbonyl (C=O) groups is 1. The zero-order valence-electron chi connectivity index (χ0n) is 35.9. The van der Waals surface area contributed by atoms with E-state index in [9.17, 15) is 40.5 Å². The predicted octanol–water partition coefficient (Wildman–Crippen LogP) is 7.50. The fourth-order valence-electron chi connectivity index (χ4n) is 7.74. The maximum atomic E-state index is 13.0. The van der Waals surface area contributed by atoms with Gasteiger partial charge in [0.2, 0.25) is 5.91 Å². The van der Waals surface area contributed by atoms with Crippen LogP contribution < -0.4 is 5.32 Å². The van der Waals surface area contributed by atoms with Gasteiger partial charge in [0.1, 0.15) is 36.6 Å². The summed E-state index contributed by atoms with van der Waals surface area (Å²) >= 11 is 0. The summed E-state index contributed by atoms with van der Waals surface area (Å²) in [6.45, 7) is 3.34. The Balaban J connectivity index is 2.22. The van der Waals surface area contributed by atoms with Crippen molar-refractivity contribution in [3.05, 3.63) is 0 Å². The molecule has 0 aromatic heterocycles. The summed E-state index contributed by atoms with van der Waals surface area (Å²) in [5, 5.41) is 75.0. The van der Waals surface area contributed by atoms with Crippen LogP contribution in [0.2, 0.25) is 0 Å². The van der Waals surface area contributed by atoms with Crippen LogP contribution in [0.4, 0.5) is 0 Å². The van der Waals surface area contributed by atoms with E-state index in [1.807, 2.05) is 0 Å². The van der Waals surface area contributed by atoms with Gasteiger partial charge in [0.15, 0.2) is 6.29 Å². The van der Waals surface area contributed by atoms with Crippen molar-refractivity contribution >= 4 is 5.91 Å². The van der Waals surface area contributed by atoms with Crippen molar-refractivity contribution < 1.29 is 50.0 Å². The minimum Gasteiger partial charge on any atom is -0.394 e.